The molecule has 0 radical (unpaired) electrons. The van der Waals surface area contributed by atoms with E-state index in [1.54, 1.807) is 6.92 Å². The molecule has 1 aromatic carbocycles. The lowest BCUT2D eigenvalue weighted by molar-refractivity contribution is -0.385. The van der Waals surface area contributed by atoms with Gasteiger partial charge in [0.1, 0.15) is 0 Å². The molecule has 0 N–H and O–H groups in total. The molecule has 1 aromatic rings. The van der Waals surface area contributed by atoms with Gasteiger partial charge in [-0.05, 0) is 36.4 Å². The second kappa shape index (κ2) is 8.15. The maximum Gasteiger partial charge on any atom is 0.271 e. The minimum Gasteiger partial charge on any atom is -0.258 e. The lowest BCUT2D eigenvalue weighted by Gasteiger charge is -2.03. The van der Waals surface area contributed by atoms with Crippen molar-refractivity contribution in [2.75, 3.05) is 0 Å². The second-order valence-corrected chi connectivity index (χ2v) is 4.46. The predicted molar refractivity (Wildman–Crippen MR) is 76.2 cm³/mol. The molecular formula is C12H14BrNO2S. The van der Waals surface area contributed by atoms with Crippen LogP contribution in [-0.4, -0.2) is 4.92 Å². The molecule has 0 atom stereocenters. The molecular weight excluding hydrogens is 302 g/mol. The van der Waals surface area contributed by atoms with Crippen LogP contribution in [0.5, 0.6) is 0 Å². The van der Waals surface area contributed by atoms with E-state index in [9.17, 15) is 10.1 Å². The summed E-state index contributed by atoms with van der Waals surface area (Å²) in [7, 11) is 0. The number of halogens is 1. The quantitative estimate of drug-likeness (QED) is 0.342. The van der Waals surface area contributed by atoms with Gasteiger partial charge in [0.25, 0.3) is 5.69 Å². The second-order valence-electron chi connectivity index (χ2n) is 2.76. The van der Waals surface area contributed by atoms with E-state index in [4.69, 9.17) is 0 Å². The first-order chi connectivity index (χ1) is 8.06. The van der Waals surface area contributed by atoms with Crippen LogP contribution >= 0.6 is 27.7 Å². The SMILES string of the molecule is CC.CC#CSc1cc([N+](=O)[O-])cc(Br)c1C. The van der Waals surface area contributed by atoms with Gasteiger partial charge in [-0.3, -0.25) is 10.1 Å². The Bertz CT molecular complexity index is 464. The summed E-state index contributed by atoms with van der Waals surface area (Å²) in [5, 5.41) is 13.5. The van der Waals surface area contributed by atoms with Crippen LogP contribution in [0.1, 0.15) is 26.3 Å². The summed E-state index contributed by atoms with van der Waals surface area (Å²) in [5.74, 6) is 2.74. The number of nitrogens with zero attached hydrogens (tertiary/aromatic N) is 1. The average Bonchev–Trinajstić information content (AvgIpc) is 2.33. The van der Waals surface area contributed by atoms with Crippen LogP contribution in [0.4, 0.5) is 5.69 Å². The number of hydrogen-bond donors (Lipinski definition) is 0. The van der Waals surface area contributed by atoms with E-state index in [0.29, 0.717) is 0 Å². The first-order valence-electron chi connectivity index (χ1n) is 5.09. The Hall–Kier alpha value is -0.990. The maximum absolute atomic E-state index is 10.6. The largest absolute Gasteiger partial charge is 0.271 e. The van der Waals surface area contributed by atoms with E-state index in [1.807, 2.05) is 20.8 Å². The zero-order valence-corrected chi connectivity index (χ0v) is 12.6. The number of benzene rings is 1. The Morgan fingerprint density at radius 1 is 1.41 bits per heavy atom. The molecule has 5 heteroatoms. The monoisotopic (exact) mass is 315 g/mol. The predicted octanol–water partition coefficient (Wildman–Crippen LogP) is 4.76. The van der Waals surface area contributed by atoms with Crippen molar-refractivity contribution in [2.45, 2.75) is 32.6 Å². The Morgan fingerprint density at radius 2 is 2.00 bits per heavy atom. The van der Waals surface area contributed by atoms with Crippen molar-refractivity contribution in [1.29, 1.82) is 0 Å². The molecule has 0 bridgehead atoms. The van der Waals surface area contributed by atoms with Crippen molar-refractivity contribution < 1.29 is 4.92 Å². The topological polar surface area (TPSA) is 43.1 Å². The van der Waals surface area contributed by atoms with E-state index >= 15 is 0 Å². The molecule has 92 valence electrons. The number of thioether (sulfide) groups is 1. The van der Waals surface area contributed by atoms with E-state index < -0.39 is 4.92 Å². The van der Waals surface area contributed by atoms with Crippen molar-refractivity contribution in [2.24, 2.45) is 0 Å². The highest BCUT2D eigenvalue weighted by Gasteiger charge is 2.12. The lowest BCUT2D eigenvalue weighted by atomic mass is 10.2. The fourth-order valence-electron chi connectivity index (χ4n) is 0.957. The zero-order valence-electron chi connectivity index (χ0n) is 10.2. The van der Waals surface area contributed by atoms with E-state index in [0.717, 1.165) is 14.9 Å². The van der Waals surface area contributed by atoms with Crippen LogP contribution in [0.25, 0.3) is 0 Å². The zero-order chi connectivity index (χ0) is 13.4. The Balaban J connectivity index is 0.00000121. The first kappa shape index (κ1) is 16.0. The van der Waals surface area contributed by atoms with Gasteiger partial charge < -0.3 is 0 Å². The fraction of sp³-hybridized carbons (Fsp3) is 0.333. The third-order valence-corrected chi connectivity index (χ3v) is 3.53. The van der Waals surface area contributed by atoms with Crippen LogP contribution < -0.4 is 0 Å². The highest BCUT2D eigenvalue weighted by Crippen LogP contribution is 2.32. The van der Waals surface area contributed by atoms with E-state index in [1.165, 1.54) is 23.9 Å². The third-order valence-electron chi connectivity index (χ3n) is 1.76. The summed E-state index contributed by atoms with van der Waals surface area (Å²) in [6.45, 7) is 7.63. The Kier molecular flexibility index (Phi) is 7.68. The molecule has 0 unspecified atom stereocenters. The smallest absolute Gasteiger partial charge is 0.258 e. The molecule has 0 amide bonds. The number of hydrogen-bond acceptors (Lipinski definition) is 3. The van der Waals surface area contributed by atoms with Gasteiger partial charge in [-0.25, -0.2) is 0 Å². The molecule has 0 aliphatic carbocycles. The van der Waals surface area contributed by atoms with Crippen LogP contribution in [0.2, 0.25) is 0 Å². The van der Waals surface area contributed by atoms with Crippen molar-refractivity contribution in [3.8, 4) is 11.2 Å². The van der Waals surface area contributed by atoms with Gasteiger partial charge in [-0.15, -0.1) is 0 Å². The van der Waals surface area contributed by atoms with Crippen molar-refractivity contribution >= 4 is 33.4 Å². The summed E-state index contributed by atoms with van der Waals surface area (Å²) in [4.78, 5) is 11.0. The molecule has 17 heavy (non-hydrogen) atoms. The molecule has 0 saturated heterocycles. The lowest BCUT2D eigenvalue weighted by Crippen LogP contribution is -1.90. The van der Waals surface area contributed by atoms with Gasteiger partial charge in [0.15, 0.2) is 0 Å². The van der Waals surface area contributed by atoms with Gasteiger partial charge in [0.2, 0.25) is 0 Å². The molecule has 0 aromatic heterocycles. The summed E-state index contributed by atoms with van der Waals surface area (Å²) in [6, 6.07) is 3.04. The third kappa shape index (κ3) is 4.80. The van der Waals surface area contributed by atoms with Gasteiger partial charge in [0.05, 0.1) is 4.92 Å². The molecule has 0 aliphatic rings. The van der Waals surface area contributed by atoms with Crippen LogP contribution in [0.15, 0.2) is 21.5 Å². The summed E-state index contributed by atoms with van der Waals surface area (Å²) < 4.78 is 0.733. The molecule has 0 aliphatic heterocycles. The summed E-state index contributed by atoms with van der Waals surface area (Å²) >= 11 is 4.59. The number of rotatable bonds is 2. The maximum atomic E-state index is 10.6. The number of non-ortho nitro benzene ring substituents is 1. The number of nitro benzene ring substituents is 1. The minimum absolute atomic E-state index is 0.0767. The van der Waals surface area contributed by atoms with Crippen LogP contribution in [0, 0.1) is 28.2 Å². The minimum atomic E-state index is -0.409. The molecule has 1 rings (SSSR count). The van der Waals surface area contributed by atoms with E-state index in [-0.39, 0.29) is 5.69 Å². The molecule has 0 fully saturated rings. The first-order valence-corrected chi connectivity index (χ1v) is 6.70. The molecule has 3 nitrogen and oxygen atoms in total. The molecule has 0 heterocycles. The molecule has 0 saturated carbocycles. The average molecular weight is 316 g/mol. The van der Waals surface area contributed by atoms with Gasteiger partial charge in [0, 0.05) is 21.5 Å². The van der Waals surface area contributed by atoms with Crippen molar-refractivity contribution in [3.63, 3.8) is 0 Å². The van der Waals surface area contributed by atoms with Gasteiger partial charge in [-0.2, -0.15) is 0 Å². The van der Waals surface area contributed by atoms with Gasteiger partial charge >= 0.3 is 0 Å². The molecule has 0 spiro atoms. The Labute approximate surface area is 114 Å². The summed E-state index contributed by atoms with van der Waals surface area (Å²) in [6.07, 6.45) is 0. The highest BCUT2D eigenvalue weighted by atomic mass is 79.9. The number of nitro groups is 1. The van der Waals surface area contributed by atoms with Crippen LogP contribution in [0.3, 0.4) is 0 Å². The highest BCUT2D eigenvalue weighted by molar-refractivity contribution is 9.10. The Morgan fingerprint density at radius 3 is 2.47 bits per heavy atom. The van der Waals surface area contributed by atoms with Crippen LogP contribution in [-0.2, 0) is 0 Å². The normalized spacial score (nSPS) is 8.53. The summed E-state index contributed by atoms with van der Waals surface area (Å²) in [5.41, 5.74) is 1.04. The van der Waals surface area contributed by atoms with Crippen molar-refractivity contribution in [1.82, 2.24) is 0 Å². The fourth-order valence-corrected chi connectivity index (χ4v) is 2.19. The van der Waals surface area contributed by atoms with E-state index in [2.05, 4.69) is 27.1 Å². The standard InChI is InChI=1S/C10H8BrNO2S.C2H6/c1-3-4-15-10-6-8(12(13)14)5-9(11)7(10)2;1-2/h5-6H,1-2H3;1-2H3. The van der Waals surface area contributed by atoms with Gasteiger partial charge in [-0.1, -0.05) is 35.7 Å². The van der Waals surface area contributed by atoms with Crippen molar-refractivity contribution in [3.05, 3.63) is 32.3 Å².